The van der Waals surface area contributed by atoms with Crippen molar-refractivity contribution in [1.82, 2.24) is 0 Å². The third kappa shape index (κ3) is 2.04. The Bertz CT molecular complexity index is 782. The number of nitrogens with one attached hydrogen (secondary N) is 1. The number of rotatable bonds is 2. The van der Waals surface area contributed by atoms with Gasteiger partial charge in [-0.25, -0.2) is 0 Å². The number of amides is 1. The van der Waals surface area contributed by atoms with Crippen molar-refractivity contribution in [3.8, 4) is 0 Å². The van der Waals surface area contributed by atoms with Gasteiger partial charge in [-0.3, -0.25) is 14.4 Å². The van der Waals surface area contributed by atoms with Crippen LogP contribution in [0, 0.1) is 16.2 Å². The Kier molecular flexibility index (Phi) is 3.47. The Labute approximate surface area is 142 Å². The molecule has 0 aliphatic heterocycles. The predicted molar refractivity (Wildman–Crippen MR) is 83.6 cm³/mol. The molecule has 4 nitrogen and oxygen atoms in total. The molecule has 0 heterocycles. The van der Waals surface area contributed by atoms with Crippen LogP contribution in [0.4, 0.5) is 18.9 Å². The second-order valence-corrected chi connectivity index (χ2v) is 7.55. The first-order valence-corrected chi connectivity index (χ1v) is 7.96. The van der Waals surface area contributed by atoms with Crippen LogP contribution in [-0.2, 0) is 20.6 Å². The van der Waals surface area contributed by atoms with Crippen LogP contribution in [0.25, 0.3) is 0 Å². The van der Waals surface area contributed by atoms with Crippen LogP contribution in [-0.4, -0.2) is 17.5 Å². The van der Waals surface area contributed by atoms with E-state index in [2.05, 4.69) is 5.32 Å². The molecular formula is C18H18F3NO3. The maximum atomic E-state index is 12.9. The number of anilines is 1. The van der Waals surface area contributed by atoms with Crippen LogP contribution in [0.2, 0.25) is 0 Å². The first-order valence-electron chi connectivity index (χ1n) is 7.96. The molecule has 2 atom stereocenters. The predicted octanol–water partition coefficient (Wildman–Crippen LogP) is 3.61. The summed E-state index contributed by atoms with van der Waals surface area (Å²) < 4.78 is 37.9. The maximum Gasteiger partial charge on any atom is 0.416 e. The maximum absolute atomic E-state index is 12.9. The molecule has 7 heteroatoms. The number of carbonyl (C=O) groups excluding carboxylic acids is 3. The number of ketones is 2. The number of Topliss-reactive ketones (excluding diaryl/α,β-unsaturated/α-hetero) is 2. The van der Waals surface area contributed by atoms with Gasteiger partial charge in [0, 0.05) is 11.1 Å². The number of alkyl halides is 3. The van der Waals surface area contributed by atoms with Crippen LogP contribution in [0.15, 0.2) is 24.3 Å². The van der Waals surface area contributed by atoms with Crippen LogP contribution in [0.3, 0.4) is 0 Å². The minimum Gasteiger partial charge on any atom is -0.325 e. The molecule has 0 aromatic heterocycles. The Morgan fingerprint density at radius 3 is 2.00 bits per heavy atom. The molecular weight excluding hydrogens is 335 g/mol. The molecule has 0 spiro atoms. The van der Waals surface area contributed by atoms with Gasteiger partial charge in [0.25, 0.3) is 0 Å². The average Bonchev–Trinajstić information content (AvgIpc) is 2.79. The first kappa shape index (κ1) is 17.6. The third-order valence-corrected chi connectivity index (χ3v) is 6.40. The van der Waals surface area contributed by atoms with Gasteiger partial charge in [0.2, 0.25) is 17.5 Å². The molecule has 25 heavy (non-hydrogen) atoms. The number of carbonyl (C=O) groups is 3. The van der Waals surface area contributed by atoms with Crippen LogP contribution in [0.1, 0.15) is 39.2 Å². The topological polar surface area (TPSA) is 63.2 Å². The first-order chi connectivity index (χ1) is 11.4. The fraction of sp³-hybridized carbons (Fsp3) is 0.500. The quantitative estimate of drug-likeness (QED) is 0.653. The number of benzene rings is 1. The highest BCUT2D eigenvalue weighted by molar-refractivity contribution is 6.49. The molecule has 2 fully saturated rings. The summed E-state index contributed by atoms with van der Waals surface area (Å²) in [6.07, 6.45) is -3.77. The van der Waals surface area contributed by atoms with Crippen molar-refractivity contribution in [3.63, 3.8) is 0 Å². The molecule has 0 radical (unpaired) electrons. The van der Waals surface area contributed by atoms with E-state index in [9.17, 15) is 27.6 Å². The standard InChI is InChI=1S/C18H18F3NO3/c1-15(2)16(3)8-9-17(15,13(24)12(16)23)14(25)22-11-6-4-10(5-7-11)18(19,20)21/h4-7H,8-9H2,1-3H3,(H,22,25). The van der Waals surface area contributed by atoms with Gasteiger partial charge < -0.3 is 5.32 Å². The molecule has 2 unspecified atom stereocenters. The van der Waals surface area contributed by atoms with Gasteiger partial charge in [-0.1, -0.05) is 20.8 Å². The molecule has 1 aromatic carbocycles. The Hall–Kier alpha value is -2.18. The number of halogens is 3. The highest BCUT2D eigenvalue weighted by Gasteiger charge is 2.77. The van der Waals surface area contributed by atoms with E-state index in [4.69, 9.17) is 0 Å². The van der Waals surface area contributed by atoms with E-state index in [-0.39, 0.29) is 12.1 Å². The van der Waals surface area contributed by atoms with E-state index >= 15 is 0 Å². The molecule has 134 valence electrons. The van der Waals surface area contributed by atoms with Crippen LogP contribution < -0.4 is 5.32 Å². The second-order valence-electron chi connectivity index (χ2n) is 7.55. The summed E-state index contributed by atoms with van der Waals surface area (Å²) in [5, 5.41) is 2.53. The molecule has 0 saturated heterocycles. The molecule has 2 saturated carbocycles. The normalized spacial score (nSPS) is 30.6. The smallest absolute Gasteiger partial charge is 0.325 e. The molecule has 1 amide bonds. The second kappa shape index (κ2) is 4.93. The van der Waals surface area contributed by atoms with Gasteiger partial charge >= 0.3 is 6.18 Å². The van der Waals surface area contributed by atoms with Crippen LogP contribution >= 0.6 is 0 Å². The summed E-state index contributed by atoms with van der Waals surface area (Å²) >= 11 is 0. The Balaban J connectivity index is 1.91. The highest BCUT2D eigenvalue weighted by atomic mass is 19.4. The van der Waals surface area contributed by atoms with Gasteiger partial charge in [0.05, 0.1) is 5.56 Å². The van der Waals surface area contributed by atoms with Crippen molar-refractivity contribution < 1.29 is 27.6 Å². The summed E-state index contributed by atoms with van der Waals surface area (Å²) in [4.78, 5) is 37.8. The molecule has 1 aromatic rings. The zero-order valence-electron chi connectivity index (χ0n) is 14.1. The van der Waals surface area contributed by atoms with E-state index in [1.54, 1.807) is 20.8 Å². The third-order valence-electron chi connectivity index (χ3n) is 6.40. The minimum atomic E-state index is -4.47. The van der Waals surface area contributed by atoms with E-state index in [0.29, 0.717) is 6.42 Å². The SMILES string of the molecule is CC12CCC(C(=O)Nc3ccc(C(F)(F)F)cc3)(C(=O)C1=O)C2(C)C. The average molecular weight is 353 g/mol. The lowest BCUT2D eigenvalue weighted by Gasteiger charge is -2.37. The number of hydrogen-bond donors (Lipinski definition) is 1. The van der Waals surface area contributed by atoms with Crippen molar-refractivity contribution in [2.75, 3.05) is 5.32 Å². The molecule has 2 aliphatic carbocycles. The fourth-order valence-corrected chi connectivity index (χ4v) is 4.25. The van der Waals surface area contributed by atoms with Crippen molar-refractivity contribution in [1.29, 1.82) is 0 Å². The van der Waals surface area contributed by atoms with E-state index in [1.807, 2.05) is 0 Å². The summed E-state index contributed by atoms with van der Waals surface area (Å²) in [6, 6.07) is 4.00. The summed E-state index contributed by atoms with van der Waals surface area (Å²) in [7, 11) is 0. The monoisotopic (exact) mass is 353 g/mol. The van der Waals surface area contributed by atoms with E-state index < -0.39 is 45.5 Å². The molecule has 1 N–H and O–H groups in total. The van der Waals surface area contributed by atoms with Gasteiger partial charge in [-0.2, -0.15) is 13.2 Å². The lowest BCUT2D eigenvalue weighted by atomic mass is 9.64. The van der Waals surface area contributed by atoms with Crippen molar-refractivity contribution >= 4 is 23.2 Å². The van der Waals surface area contributed by atoms with E-state index in [0.717, 1.165) is 24.3 Å². The number of fused-ring (bicyclic) bond motifs is 2. The molecule has 3 rings (SSSR count). The van der Waals surface area contributed by atoms with Gasteiger partial charge in [-0.15, -0.1) is 0 Å². The van der Waals surface area contributed by atoms with Gasteiger partial charge in [0.15, 0.2) is 0 Å². The zero-order valence-corrected chi connectivity index (χ0v) is 14.1. The van der Waals surface area contributed by atoms with Crippen molar-refractivity contribution in [2.24, 2.45) is 16.2 Å². The summed E-state index contributed by atoms with van der Waals surface area (Å²) in [5.74, 6) is -1.86. The lowest BCUT2D eigenvalue weighted by molar-refractivity contribution is -0.147. The summed E-state index contributed by atoms with van der Waals surface area (Å²) in [5.41, 5.74) is -3.89. The van der Waals surface area contributed by atoms with Crippen molar-refractivity contribution in [2.45, 2.75) is 39.8 Å². The fourth-order valence-electron chi connectivity index (χ4n) is 4.25. The van der Waals surface area contributed by atoms with Gasteiger partial charge in [-0.05, 0) is 42.5 Å². The van der Waals surface area contributed by atoms with Crippen LogP contribution in [0.5, 0.6) is 0 Å². The molecule has 2 aliphatic rings. The minimum absolute atomic E-state index is 0.156. The highest BCUT2D eigenvalue weighted by Crippen LogP contribution is 2.69. The lowest BCUT2D eigenvalue weighted by Crippen LogP contribution is -2.47. The largest absolute Gasteiger partial charge is 0.416 e. The Morgan fingerprint density at radius 1 is 1.00 bits per heavy atom. The van der Waals surface area contributed by atoms with Crippen molar-refractivity contribution in [3.05, 3.63) is 29.8 Å². The zero-order chi connectivity index (χ0) is 18.8. The molecule has 2 bridgehead atoms. The number of hydrogen-bond acceptors (Lipinski definition) is 3. The summed E-state index contributed by atoms with van der Waals surface area (Å²) in [6.45, 7) is 5.16. The van der Waals surface area contributed by atoms with Gasteiger partial charge in [0.1, 0.15) is 5.41 Å². The Morgan fingerprint density at radius 2 is 1.56 bits per heavy atom. The van der Waals surface area contributed by atoms with E-state index in [1.165, 1.54) is 0 Å².